The number of amides is 1. The van der Waals surface area contributed by atoms with Crippen molar-refractivity contribution in [1.29, 1.82) is 0 Å². The predicted octanol–water partition coefficient (Wildman–Crippen LogP) is 5.26. The van der Waals surface area contributed by atoms with Gasteiger partial charge in [0.2, 0.25) is 5.91 Å². The quantitative estimate of drug-likeness (QED) is 0.610. The van der Waals surface area contributed by atoms with Crippen LogP contribution in [0.4, 0.5) is 0 Å². The Labute approximate surface area is 179 Å². The van der Waals surface area contributed by atoms with Gasteiger partial charge in [-0.3, -0.25) is 9.69 Å². The summed E-state index contributed by atoms with van der Waals surface area (Å²) in [7, 11) is 4.35. The summed E-state index contributed by atoms with van der Waals surface area (Å²) in [4.78, 5) is 20.6. The van der Waals surface area contributed by atoms with Gasteiger partial charge in [0.05, 0.1) is 6.04 Å². The smallest absolute Gasteiger partial charge is 0.220 e. The van der Waals surface area contributed by atoms with E-state index in [1.807, 2.05) is 0 Å². The van der Waals surface area contributed by atoms with Crippen LogP contribution in [-0.2, 0) is 16.8 Å². The fraction of sp³-hybridized carbons (Fsp3) is 0.423. The fourth-order valence-corrected chi connectivity index (χ4v) is 5.44. The number of aromatic amines is 1. The predicted molar refractivity (Wildman–Crippen MR) is 123 cm³/mol. The number of aromatic nitrogens is 1. The molecule has 1 aromatic heterocycles. The molecule has 0 radical (unpaired) electrons. The maximum atomic E-state index is 12.5. The van der Waals surface area contributed by atoms with E-state index in [0.717, 1.165) is 32.2 Å². The van der Waals surface area contributed by atoms with Crippen LogP contribution in [0.25, 0.3) is 10.9 Å². The summed E-state index contributed by atoms with van der Waals surface area (Å²) in [5, 5.41) is 1.30. The Balaban J connectivity index is 1.72. The highest BCUT2D eigenvalue weighted by Gasteiger charge is 2.37. The van der Waals surface area contributed by atoms with Gasteiger partial charge in [0.15, 0.2) is 0 Å². The maximum Gasteiger partial charge on any atom is 0.220 e. The lowest BCUT2D eigenvalue weighted by atomic mass is 9.79. The molecule has 2 heterocycles. The first-order chi connectivity index (χ1) is 14.5. The normalized spacial score (nSPS) is 18.4. The number of benzene rings is 2. The van der Waals surface area contributed by atoms with E-state index in [-0.39, 0.29) is 17.5 Å². The molecule has 3 aromatic rings. The number of rotatable bonds is 6. The average molecular weight is 404 g/mol. The van der Waals surface area contributed by atoms with Crippen molar-refractivity contribution < 1.29 is 4.79 Å². The zero-order valence-corrected chi connectivity index (χ0v) is 18.6. The van der Waals surface area contributed by atoms with Gasteiger partial charge in [-0.2, -0.15) is 0 Å². The van der Waals surface area contributed by atoms with Crippen LogP contribution in [-0.4, -0.2) is 41.3 Å². The van der Waals surface area contributed by atoms with Crippen LogP contribution in [0.3, 0.4) is 0 Å². The number of nitrogens with one attached hydrogen (secondary N) is 1. The van der Waals surface area contributed by atoms with Gasteiger partial charge in [-0.15, -0.1) is 0 Å². The lowest BCUT2D eigenvalue weighted by Crippen LogP contribution is -2.43. The Bertz CT molecular complexity index is 1020. The van der Waals surface area contributed by atoms with Crippen LogP contribution < -0.4 is 0 Å². The minimum absolute atomic E-state index is 0.0483. The number of nitrogens with zero attached hydrogens (tertiary/aromatic N) is 2. The second-order valence-electron chi connectivity index (χ2n) is 8.73. The third-order valence-corrected chi connectivity index (χ3v) is 7.15. The summed E-state index contributed by atoms with van der Waals surface area (Å²) in [5.41, 5.74) is 5.09. The van der Waals surface area contributed by atoms with Gasteiger partial charge in [0, 0.05) is 35.6 Å². The van der Waals surface area contributed by atoms with Crippen LogP contribution in [0.1, 0.15) is 56.0 Å². The van der Waals surface area contributed by atoms with Crippen LogP contribution in [0, 0.1) is 0 Å². The monoisotopic (exact) mass is 403 g/mol. The van der Waals surface area contributed by atoms with E-state index in [1.165, 1.54) is 27.7 Å². The first kappa shape index (κ1) is 20.7. The molecular weight excluding hydrogens is 370 g/mol. The van der Waals surface area contributed by atoms with Crippen molar-refractivity contribution in [3.05, 3.63) is 71.4 Å². The summed E-state index contributed by atoms with van der Waals surface area (Å²) >= 11 is 0. The second-order valence-corrected chi connectivity index (χ2v) is 8.73. The molecule has 0 fully saturated rings. The Morgan fingerprint density at radius 3 is 2.50 bits per heavy atom. The fourth-order valence-electron chi connectivity index (χ4n) is 5.44. The van der Waals surface area contributed by atoms with E-state index >= 15 is 0 Å². The molecule has 1 aliphatic rings. The SMILES string of the molecule is CCC(CCC1c2[nH]c3ccccc3c2CCN1C(C)=O)(c1ccccc1)N(C)C. The van der Waals surface area contributed by atoms with Crippen molar-refractivity contribution in [1.82, 2.24) is 14.8 Å². The zero-order valence-electron chi connectivity index (χ0n) is 18.6. The van der Waals surface area contributed by atoms with E-state index in [2.05, 4.69) is 90.4 Å². The lowest BCUT2D eigenvalue weighted by molar-refractivity contribution is -0.132. The highest BCUT2D eigenvalue weighted by atomic mass is 16.2. The first-order valence-corrected chi connectivity index (χ1v) is 11.1. The topological polar surface area (TPSA) is 39.3 Å². The second kappa shape index (κ2) is 8.27. The molecule has 4 nitrogen and oxygen atoms in total. The van der Waals surface area contributed by atoms with Crippen molar-refractivity contribution in [2.45, 2.75) is 51.1 Å². The third-order valence-electron chi connectivity index (χ3n) is 7.15. The summed E-state index contributed by atoms with van der Waals surface area (Å²) in [5.74, 6) is 0.163. The number of fused-ring (bicyclic) bond motifs is 3. The molecule has 2 atom stereocenters. The van der Waals surface area contributed by atoms with Crippen molar-refractivity contribution in [2.24, 2.45) is 0 Å². The number of hydrogen-bond acceptors (Lipinski definition) is 2. The van der Waals surface area contributed by atoms with Crippen molar-refractivity contribution in [3.63, 3.8) is 0 Å². The Hall–Kier alpha value is -2.59. The average Bonchev–Trinajstić information content (AvgIpc) is 3.14. The molecule has 2 aromatic carbocycles. The van der Waals surface area contributed by atoms with Crippen LogP contribution in [0.15, 0.2) is 54.6 Å². The van der Waals surface area contributed by atoms with Gasteiger partial charge < -0.3 is 9.88 Å². The Morgan fingerprint density at radius 1 is 1.13 bits per heavy atom. The Morgan fingerprint density at radius 2 is 1.83 bits per heavy atom. The number of hydrogen-bond donors (Lipinski definition) is 1. The number of carbonyl (C=O) groups excluding carboxylic acids is 1. The molecule has 0 saturated carbocycles. The molecule has 2 unspecified atom stereocenters. The first-order valence-electron chi connectivity index (χ1n) is 11.1. The van der Waals surface area contributed by atoms with E-state index in [1.54, 1.807) is 6.92 Å². The molecule has 0 saturated heterocycles. The molecule has 4 rings (SSSR count). The summed E-state index contributed by atoms with van der Waals surface area (Å²) in [6.45, 7) is 4.77. The molecule has 1 N–H and O–H groups in total. The summed E-state index contributed by atoms with van der Waals surface area (Å²) < 4.78 is 0. The van der Waals surface area contributed by atoms with Crippen molar-refractivity contribution >= 4 is 16.8 Å². The third kappa shape index (κ3) is 3.43. The lowest BCUT2D eigenvalue weighted by Gasteiger charge is -2.43. The number of carbonyl (C=O) groups is 1. The molecule has 30 heavy (non-hydrogen) atoms. The molecule has 4 heteroatoms. The molecule has 0 aliphatic carbocycles. The van der Waals surface area contributed by atoms with Gasteiger partial charge >= 0.3 is 0 Å². The molecular formula is C26H33N3O. The van der Waals surface area contributed by atoms with Crippen LogP contribution >= 0.6 is 0 Å². The number of H-pyrrole nitrogens is 1. The van der Waals surface area contributed by atoms with Gasteiger partial charge in [0.1, 0.15) is 0 Å². The molecule has 0 bridgehead atoms. The van der Waals surface area contributed by atoms with Crippen LogP contribution in [0.2, 0.25) is 0 Å². The minimum Gasteiger partial charge on any atom is -0.356 e. The van der Waals surface area contributed by atoms with E-state index in [4.69, 9.17) is 0 Å². The largest absolute Gasteiger partial charge is 0.356 e. The summed E-state index contributed by atoms with van der Waals surface area (Å²) in [6.07, 6.45) is 3.86. The highest BCUT2D eigenvalue weighted by Crippen LogP contribution is 2.42. The maximum absolute atomic E-state index is 12.5. The standard InChI is InChI=1S/C26H33N3O/c1-5-26(28(3)4,20-11-7-6-8-12-20)17-15-24-25-22(16-18-29(24)19(2)30)21-13-9-10-14-23(21)27-25/h6-14,24,27H,5,15-18H2,1-4H3. The van der Waals surface area contributed by atoms with Gasteiger partial charge in [-0.05, 0) is 57.0 Å². The van der Waals surface area contributed by atoms with E-state index in [9.17, 15) is 4.79 Å². The minimum atomic E-state index is -0.0483. The van der Waals surface area contributed by atoms with Gasteiger partial charge in [-0.1, -0.05) is 55.5 Å². The Kier molecular flexibility index (Phi) is 5.70. The van der Waals surface area contributed by atoms with Gasteiger partial charge in [0.25, 0.3) is 0 Å². The molecule has 1 aliphatic heterocycles. The zero-order chi connectivity index (χ0) is 21.3. The summed E-state index contributed by atoms with van der Waals surface area (Å²) in [6, 6.07) is 19.4. The highest BCUT2D eigenvalue weighted by molar-refractivity contribution is 5.86. The van der Waals surface area contributed by atoms with Crippen molar-refractivity contribution in [2.75, 3.05) is 20.6 Å². The number of para-hydroxylation sites is 1. The molecule has 158 valence electrons. The molecule has 0 spiro atoms. The molecule has 1 amide bonds. The van der Waals surface area contributed by atoms with E-state index in [0.29, 0.717) is 0 Å². The van der Waals surface area contributed by atoms with Crippen LogP contribution in [0.5, 0.6) is 0 Å². The van der Waals surface area contributed by atoms with E-state index < -0.39 is 0 Å². The van der Waals surface area contributed by atoms with Gasteiger partial charge in [-0.25, -0.2) is 0 Å². The van der Waals surface area contributed by atoms with Crippen molar-refractivity contribution in [3.8, 4) is 0 Å².